The maximum atomic E-state index is 12.1. The lowest BCUT2D eigenvalue weighted by molar-refractivity contribution is -0.136. The lowest BCUT2D eigenvalue weighted by atomic mass is 10.0. The Bertz CT molecular complexity index is 783. The Kier molecular flexibility index (Phi) is 6.91. The number of nitrogens with one attached hydrogen (secondary N) is 1. The van der Waals surface area contributed by atoms with E-state index in [9.17, 15) is 14.4 Å². The molecule has 1 amide bonds. The van der Waals surface area contributed by atoms with Gasteiger partial charge in [-0.05, 0) is 42.3 Å². The number of carboxylic acid groups (broad SMARTS) is 1. The Hall–Kier alpha value is -3.15. The minimum atomic E-state index is -0.961. The smallest absolute Gasteiger partial charge is 0.307 e. The highest BCUT2D eigenvalue weighted by molar-refractivity contribution is 5.97. The molecular formula is C20H21NO5. The fourth-order valence-corrected chi connectivity index (χ4v) is 2.50. The highest BCUT2D eigenvalue weighted by atomic mass is 16.5. The van der Waals surface area contributed by atoms with Gasteiger partial charge in [0.25, 0.3) is 0 Å². The molecule has 136 valence electrons. The van der Waals surface area contributed by atoms with Gasteiger partial charge in [0.1, 0.15) is 5.75 Å². The van der Waals surface area contributed by atoms with Crippen LogP contribution in [0.3, 0.4) is 0 Å². The summed E-state index contributed by atoms with van der Waals surface area (Å²) in [6, 6.07) is 13.6. The van der Waals surface area contributed by atoms with E-state index in [4.69, 9.17) is 9.84 Å². The first-order chi connectivity index (χ1) is 12.5. The first-order valence-electron chi connectivity index (χ1n) is 8.26. The van der Waals surface area contributed by atoms with E-state index in [0.717, 1.165) is 0 Å². The second-order valence-electron chi connectivity index (χ2n) is 5.78. The molecule has 0 bridgehead atoms. The Morgan fingerprint density at radius 2 is 1.69 bits per heavy atom. The molecule has 2 N–H and O–H groups in total. The quantitative estimate of drug-likeness (QED) is 0.673. The lowest BCUT2D eigenvalue weighted by Gasteiger charge is -2.09. The SMILES string of the molecule is COc1ccc(C(=O)CCCC(=O)Nc2ccccc2CC(=O)O)cc1. The van der Waals surface area contributed by atoms with Gasteiger partial charge in [-0.25, -0.2) is 0 Å². The van der Waals surface area contributed by atoms with Gasteiger partial charge in [-0.2, -0.15) is 0 Å². The average molecular weight is 355 g/mol. The maximum absolute atomic E-state index is 12.1. The zero-order valence-electron chi connectivity index (χ0n) is 14.5. The van der Waals surface area contributed by atoms with Gasteiger partial charge in [-0.3, -0.25) is 14.4 Å². The van der Waals surface area contributed by atoms with Crippen LogP contribution < -0.4 is 10.1 Å². The van der Waals surface area contributed by atoms with Crippen molar-refractivity contribution in [2.24, 2.45) is 0 Å². The Balaban J connectivity index is 1.83. The van der Waals surface area contributed by atoms with E-state index in [1.165, 1.54) is 0 Å². The monoisotopic (exact) mass is 355 g/mol. The number of hydrogen-bond acceptors (Lipinski definition) is 4. The number of hydrogen-bond donors (Lipinski definition) is 2. The predicted molar refractivity (Wildman–Crippen MR) is 97.6 cm³/mol. The zero-order valence-corrected chi connectivity index (χ0v) is 14.5. The third-order valence-electron chi connectivity index (χ3n) is 3.85. The van der Waals surface area contributed by atoms with Crippen molar-refractivity contribution in [3.63, 3.8) is 0 Å². The van der Waals surface area contributed by atoms with Crippen molar-refractivity contribution in [2.75, 3.05) is 12.4 Å². The third kappa shape index (κ3) is 5.73. The summed E-state index contributed by atoms with van der Waals surface area (Å²) < 4.78 is 5.05. The molecule has 0 spiro atoms. The van der Waals surface area contributed by atoms with Crippen molar-refractivity contribution < 1.29 is 24.2 Å². The first kappa shape index (κ1) is 19.2. The van der Waals surface area contributed by atoms with Gasteiger partial charge >= 0.3 is 5.97 Å². The number of ketones is 1. The molecule has 0 aliphatic heterocycles. The summed E-state index contributed by atoms with van der Waals surface area (Å²) in [5.74, 6) is -0.560. The van der Waals surface area contributed by atoms with E-state index in [-0.39, 0.29) is 31.0 Å². The van der Waals surface area contributed by atoms with Gasteiger partial charge in [0, 0.05) is 24.1 Å². The average Bonchev–Trinajstić information content (AvgIpc) is 2.63. The number of aliphatic carboxylic acids is 1. The summed E-state index contributed by atoms with van der Waals surface area (Å²) in [7, 11) is 1.56. The Labute approximate surface area is 151 Å². The largest absolute Gasteiger partial charge is 0.497 e. The summed E-state index contributed by atoms with van der Waals surface area (Å²) >= 11 is 0. The fraction of sp³-hybridized carbons (Fsp3) is 0.250. The number of carboxylic acids is 1. The number of amides is 1. The molecule has 0 radical (unpaired) electrons. The molecule has 2 rings (SSSR count). The summed E-state index contributed by atoms with van der Waals surface area (Å²) in [5, 5.41) is 11.6. The topological polar surface area (TPSA) is 92.7 Å². The van der Waals surface area contributed by atoms with Gasteiger partial charge in [-0.15, -0.1) is 0 Å². The van der Waals surface area contributed by atoms with Crippen LogP contribution in [-0.4, -0.2) is 29.9 Å². The standard InChI is InChI=1S/C20H21NO5/c1-26-16-11-9-14(10-12-16)18(22)7-4-8-19(23)21-17-6-3-2-5-15(17)13-20(24)25/h2-3,5-6,9-12H,4,7-8,13H2,1H3,(H,21,23)(H,24,25). The van der Waals surface area contributed by atoms with Crippen molar-refractivity contribution in [1.82, 2.24) is 0 Å². The number of rotatable bonds is 9. The van der Waals surface area contributed by atoms with Crippen LogP contribution in [0.5, 0.6) is 5.75 Å². The van der Waals surface area contributed by atoms with Crippen molar-refractivity contribution in [3.05, 3.63) is 59.7 Å². The summed E-state index contributed by atoms with van der Waals surface area (Å²) in [6.45, 7) is 0. The number of para-hydroxylation sites is 1. The highest BCUT2D eigenvalue weighted by Gasteiger charge is 2.11. The molecule has 0 heterocycles. The third-order valence-corrected chi connectivity index (χ3v) is 3.85. The van der Waals surface area contributed by atoms with E-state index < -0.39 is 5.97 Å². The van der Waals surface area contributed by atoms with E-state index in [2.05, 4.69) is 5.32 Å². The molecule has 0 atom stereocenters. The second-order valence-corrected chi connectivity index (χ2v) is 5.78. The molecule has 0 aliphatic carbocycles. The van der Waals surface area contributed by atoms with E-state index >= 15 is 0 Å². The number of carbonyl (C=O) groups is 3. The number of carbonyl (C=O) groups excluding carboxylic acids is 2. The minimum absolute atomic E-state index is 0.0354. The van der Waals surface area contributed by atoms with E-state index in [1.54, 1.807) is 55.6 Å². The number of anilines is 1. The van der Waals surface area contributed by atoms with Crippen molar-refractivity contribution in [3.8, 4) is 5.75 Å². The fourth-order valence-electron chi connectivity index (χ4n) is 2.50. The van der Waals surface area contributed by atoms with Gasteiger partial charge < -0.3 is 15.2 Å². The molecule has 0 aromatic heterocycles. The molecule has 2 aromatic rings. The highest BCUT2D eigenvalue weighted by Crippen LogP contribution is 2.17. The van der Waals surface area contributed by atoms with Crippen molar-refractivity contribution >= 4 is 23.3 Å². The van der Waals surface area contributed by atoms with Crippen LogP contribution in [0.15, 0.2) is 48.5 Å². The summed E-state index contributed by atoms with van der Waals surface area (Å²) in [4.78, 5) is 35.1. The Morgan fingerprint density at radius 1 is 1.00 bits per heavy atom. The maximum Gasteiger partial charge on any atom is 0.307 e. The van der Waals surface area contributed by atoms with Gasteiger partial charge in [0.2, 0.25) is 5.91 Å². The predicted octanol–water partition coefficient (Wildman–Crippen LogP) is 3.31. The molecular weight excluding hydrogens is 334 g/mol. The van der Waals surface area contributed by atoms with Gasteiger partial charge in [-0.1, -0.05) is 18.2 Å². The second kappa shape index (κ2) is 9.36. The normalized spacial score (nSPS) is 10.2. The van der Waals surface area contributed by atoms with Crippen LogP contribution in [-0.2, 0) is 16.0 Å². The van der Waals surface area contributed by atoms with Gasteiger partial charge in [0.15, 0.2) is 5.78 Å². The molecule has 0 unspecified atom stereocenters. The van der Waals surface area contributed by atoms with Crippen LogP contribution in [0.4, 0.5) is 5.69 Å². The Morgan fingerprint density at radius 3 is 2.35 bits per heavy atom. The van der Waals surface area contributed by atoms with Crippen LogP contribution in [0.25, 0.3) is 0 Å². The number of Topliss-reactive ketones (excluding diaryl/α,β-unsaturated/α-hetero) is 1. The molecule has 0 saturated carbocycles. The molecule has 6 heteroatoms. The van der Waals surface area contributed by atoms with Crippen LogP contribution in [0.2, 0.25) is 0 Å². The molecule has 6 nitrogen and oxygen atoms in total. The number of ether oxygens (including phenoxy) is 1. The van der Waals surface area contributed by atoms with E-state index in [1.807, 2.05) is 0 Å². The molecule has 26 heavy (non-hydrogen) atoms. The van der Waals surface area contributed by atoms with Crippen LogP contribution in [0.1, 0.15) is 35.2 Å². The van der Waals surface area contributed by atoms with E-state index in [0.29, 0.717) is 29.0 Å². The van der Waals surface area contributed by atoms with Crippen LogP contribution >= 0.6 is 0 Å². The number of benzene rings is 2. The lowest BCUT2D eigenvalue weighted by Crippen LogP contribution is -2.14. The van der Waals surface area contributed by atoms with Gasteiger partial charge in [0.05, 0.1) is 13.5 Å². The number of methoxy groups -OCH3 is 1. The minimum Gasteiger partial charge on any atom is -0.497 e. The zero-order chi connectivity index (χ0) is 18.9. The van der Waals surface area contributed by atoms with Crippen molar-refractivity contribution in [1.29, 1.82) is 0 Å². The molecule has 0 aliphatic rings. The first-order valence-corrected chi connectivity index (χ1v) is 8.26. The molecule has 0 fully saturated rings. The summed E-state index contributed by atoms with van der Waals surface area (Å²) in [6.07, 6.45) is 0.698. The molecule has 2 aromatic carbocycles. The van der Waals surface area contributed by atoms with Crippen LogP contribution in [0, 0.1) is 0 Å². The van der Waals surface area contributed by atoms with Crippen molar-refractivity contribution in [2.45, 2.75) is 25.7 Å². The molecule has 0 saturated heterocycles. The summed E-state index contributed by atoms with van der Waals surface area (Å²) in [5.41, 5.74) is 1.61.